The summed E-state index contributed by atoms with van der Waals surface area (Å²) in [6, 6.07) is 7.83. The number of hydrogen-bond acceptors (Lipinski definition) is 2. The molecule has 0 saturated carbocycles. The molecule has 0 radical (unpaired) electrons. The van der Waals surface area contributed by atoms with Crippen molar-refractivity contribution >= 4 is 11.9 Å². The summed E-state index contributed by atoms with van der Waals surface area (Å²) in [5.74, 6) is -1.21. The standard InChI is InChI=1S/C14H19NO3/c1-10-5-4-6-11(7-10)9-15-12(16)8-14(2,3)13(17)18/h4-7H,8-9H2,1-3H3,(H,15,16)(H,17,18). The Morgan fingerprint density at radius 3 is 2.56 bits per heavy atom. The number of benzene rings is 1. The second kappa shape index (κ2) is 5.67. The molecule has 0 saturated heterocycles. The van der Waals surface area contributed by atoms with Gasteiger partial charge in [-0.15, -0.1) is 0 Å². The van der Waals surface area contributed by atoms with Gasteiger partial charge in [0.05, 0.1) is 5.41 Å². The molecule has 0 spiro atoms. The van der Waals surface area contributed by atoms with Crippen molar-refractivity contribution in [2.24, 2.45) is 5.41 Å². The van der Waals surface area contributed by atoms with Gasteiger partial charge >= 0.3 is 5.97 Å². The van der Waals surface area contributed by atoms with E-state index in [0.29, 0.717) is 6.54 Å². The Morgan fingerprint density at radius 2 is 2.00 bits per heavy atom. The molecule has 1 amide bonds. The minimum atomic E-state index is -1.03. The van der Waals surface area contributed by atoms with Crippen LogP contribution in [-0.4, -0.2) is 17.0 Å². The Morgan fingerprint density at radius 1 is 1.33 bits per heavy atom. The van der Waals surface area contributed by atoms with E-state index in [1.807, 2.05) is 31.2 Å². The van der Waals surface area contributed by atoms with Crippen LogP contribution < -0.4 is 5.32 Å². The predicted octanol–water partition coefficient (Wildman–Crippen LogP) is 2.11. The fourth-order valence-electron chi connectivity index (χ4n) is 1.56. The van der Waals surface area contributed by atoms with Gasteiger partial charge in [0, 0.05) is 13.0 Å². The number of rotatable bonds is 5. The summed E-state index contributed by atoms with van der Waals surface area (Å²) in [7, 11) is 0. The minimum Gasteiger partial charge on any atom is -0.481 e. The number of carbonyl (C=O) groups is 2. The molecule has 98 valence electrons. The molecule has 1 rings (SSSR count). The zero-order chi connectivity index (χ0) is 13.8. The van der Waals surface area contributed by atoms with Gasteiger partial charge in [0.15, 0.2) is 0 Å². The van der Waals surface area contributed by atoms with E-state index in [2.05, 4.69) is 5.32 Å². The van der Waals surface area contributed by atoms with Crippen LogP contribution in [0.15, 0.2) is 24.3 Å². The average Bonchev–Trinajstić information content (AvgIpc) is 2.25. The van der Waals surface area contributed by atoms with Gasteiger partial charge in [-0.2, -0.15) is 0 Å². The van der Waals surface area contributed by atoms with Gasteiger partial charge in [-0.25, -0.2) is 0 Å². The number of carbonyl (C=O) groups excluding carboxylic acids is 1. The molecular formula is C14H19NO3. The average molecular weight is 249 g/mol. The van der Waals surface area contributed by atoms with Crippen molar-refractivity contribution < 1.29 is 14.7 Å². The van der Waals surface area contributed by atoms with E-state index in [9.17, 15) is 9.59 Å². The van der Waals surface area contributed by atoms with E-state index in [0.717, 1.165) is 11.1 Å². The smallest absolute Gasteiger partial charge is 0.309 e. The maximum absolute atomic E-state index is 11.6. The van der Waals surface area contributed by atoms with Gasteiger partial charge < -0.3 is 10.4 Å². The van der Waals surface area contributed by atoms with Crippen LogP contribution in [-0.2, 0) is 16.1 Å². The van der Waals surface area contributed by atoms with Gasteiger partial charge in [0.1, 0.15) is 0 Å². The zero-order valence-corrected chi connectivity index (χ0v) is 11.0. The second-order valence-corrected chi connectivity index (χ2v) is 5.13. The summed E-state index contributed by atoms with van der Waals surface area (Å²) in [6.45, 7) is 5.50. The Labute approximate surface area is 107 Å². The summed E-state index contributed by atoms with van der Waals surface area (Å²) in [5.41, 5.74) is 1.11. The molecule has 18 heavy (non-hydrogen) atoms. The topological polar surface area (TPSA) is 66.4 Å². The van der Waals surface area contributed by atoms with Gasteiger partial charge in [0.25, 0.3) is 0 Å². The summed E-state index contributed by atoms with van der Waals surface area (Å²) in [5, 5.41) is 11.7. The monoisotopic (exact) mass is 249 g/mol. The highest BCUT2D eigenvalue weighted by molar-refractivity contribution is 5.84. The summed E-state index contributed by atoms with van der Waals surface area (Å²) < 4.78 is 0. The molecule has 2 N–H and O–H groups in total. The zero-order valence-electron chi connectivity index (χ0n) is 11.0. The van der Waals surface area contributed by atoms with Gasteiger partial charge in [-0.05, 0) is 26.3 Å². The van der Waals surface area contributed by atoms with E-state index in [1.165, 1.54) is 0 Å². The third kappa shape index (κ3) is 4.20. The molecule has 1 aromatic carbocycles. The first-order valence-corrected chi connectivity index (χ1v) is 5.87. The lowest BCUT2D eigenvalue weighted by atomic mass is 9.89. The first-order chi connectivity index (χ1) is 8.31. The molecule has 0 aliphatic carbocycles. The number of nitrogens with one attached hydrogen (secondary N) is 1. The number of carboxylic acid groups (broad SMARTS) is 1. The highest BCUT2D eigenvalue weighted by Crippen LogP contribution is 2.20. The van der Waals surface area contributed by atoms with Crippen LogP contribution in [0, 0.1) is 12.3 Å². The molecule has 1 aromatic rings. The van der Waals surface area contributed by atoms with E-state index in [4.69, 9.17) is 5.11 Å². The fraction of sp³-hybridized carbons (Fsp3) is 0.429. The number of amides is 1. The van der Waals surface area contributed by atoms with Crippen molar-refractivity contribution in [3.63, 3.8) is 0 Å². The highest BCUT2D eigenvalue weighted by Gasteiger charge is 2.29. The molecule has 4 nitrogen and oxygen atoms in total. The maximum atomic E-state index is 11.6. The van der Waals surface area contributed by atoms with Crippen LogP contribution in [0.1, 0.15) is 31.4 Å². The van der Waals surface area contributed by atoms with Crippen molar-refractivity contribution in [3.05, 3.63) is 35.4 Å². The molecule has 0 aliphatic rings. The Balaban J connectivity index is 2.50. The van der Waals surface area contributed by atoms with Crippen LogP contribution >= 0.6 is 0 Å². The van der Waals surface area contributed by atoms with E-state index >= 15 is 0 Å². The number of aliphatic carboxylic acids is 1. The summed E-state index contributed by atoms with van der Waals surface area (Å²) >= 11 is 0. The van der Waals surface area contributed by atoms with Crippen LogP contribution in [0.25, 0.3) is 0 Å². The quantitative estimate of drug-likeness (QED) is 0.840. The van der Waals surface area contributed by atoms with Crippen LogP contribution in [0.2, 0.25) is 0 Å². The van der Waals surface area contributed by atoms with Gasteiger partial charge in [-0.3, -0.25) is 9.59 Å². The molecule has 0 heterocycles. The fourth-order valence-corrected chi connectivity index (χ4v) is 1.56. The molecule has 0 bridgehead atoms. The lowest BCUT2D eigenvalue weighted by Gasteiger charge is -2.18. The Kier molecular flexibility index (Phi) is 4.48. The lowest BCUT2D eigenvalue weighted by Crippen LogP contribution is -2.33. The largest absolute Gasteiger partial charge is 0.481 e. The van der Waals surface area contributed by atoms with E-state index in [1.54, 1.807) is 13.8 Å². The van der Waals surface area contributed by atoms with Crippen molar-refractivity contribution in [1.29, 1.82) is 0 Å². The van der Waals surface area contributed by atoms with Crippen molar-refractivity contribution in [1.82, 2.24) is 5.32 Å². The number of carboxylic acids is 1. The van der Waals surface area contributed by atoms with Crippen LogP contribution in [0.4, 0.5) is 0 Å². The van der Waals surface area contributed by atoms with E-state index < -0.39 is 11.4 Å². The minimum absolute atomic E-state index is 0.0197. The third-order valence-electron chi connectivity index (χ3n) is 2.75. The Hall–Kier alpha value is -1.84. The molecule has 0 aromatic heterocycles. The van der Waals surface area contributed by atoms with Crippen molar-refractivity contribution in [2.45, 2.75) is 33.7 Å². The number of aryl methyl sites for hydroxylation is 1. The van der Waals surface area contributed by atoms with Crippen molar-refractivity contribution in [2.75, 3.05) is 0 Å². The van der Waals surface area contributed by atoms with Crippen molar-refractivity contribution in [3.8, 4) is 0 Å². The first kappa shape index (κ1) is 14.2. The molecule has 0 aliphatic heterocycles. The Bertz CT molecular complexity index is 452. The maximum Gasteiger partial charge on any atom is 0.309 e. The molecule has 0 atom stereocenters. The predicted molar refractivity (Wildman–Crippen MR) is 69.1 cm³/mol. The summed E-state index contributed by atoms with van der Waals surface area (Å²) in [6.07, 6.45) is -0.0197. The van der Waals surface area contributed by atoms with Crippen LogP contribution in [0.3, 0.4) is 0 Å². The highest BCUT2D eigenvalue weighted by atomic mass is 16.4. The number of hydrogen-bond donors (Lipinski definition) is 2. The molecular weight excluding hydrogens is 230 g/mol. The van der Waals surface area contributed by atoms with E-state index in [-0.39, 0.29) is 12.3 Å². The van der Waals surface area contributed by atoms with Crippen LogP contribution in [0.5, 0.6) is 0 Å². The third-order valence-corrected chi connectivity index (χ3v) is 2.75. The second-order valence-electron chi connectivity index (χ2n) is 5.13. The SMILES string of the molecule is Cc1cccc(CNC(=O)CC(C)(C)C(=O)O)c1. The lowest BCUT2D eigenvalue weighted by molar-refractivity contribution is -0.149. The normalized spacial score (nSPS) is 11.1. The van der Waals surface area contributed by atoms with Gasteiger partial charge in [-0.1, -0.05) is 29.8 Å². The first-order valence-electron chi connectivity index (χ1n) is 5.87. The summed E-state index contributed by atoms with van der Waals surface area (Å²) in [4.78, 5) is 22.5. The molecule has 4 heteroatoms. The molecule has 0 fully saturated rings. The van der Waals surface area contributed by atoms with Gasteiger partial charge in [0.2, 0.25) is 5.91 Å². The molecule has 0 unspecified atom stereocenters.